The molecule has 0 bridgehead atoms. The Hall–Kier alpha value is -2.20. The summed E-state index contributed by atoms with van der Waals surface area (Å²) in [4.78, 5) is 14.4. The van der Waals surface area contributed by atoms with Gasteiger partial charge < -0.3 is 14.7 Å². The third kappa shape index (κ3) is 2.67. The van der Waals surface area contributed by atoms with Crippen molar-refractivity contribution in [1.29, 1.82) is 0 Å². The van der Waals surface area contributed by atoms with Crippen molar-refractivity contribution in [3.63, 3.8) is 0 Å². The van der Waals surface area contributed by atoms with Crippen molar-refractivity contribution in [3.05, 3.63) is 53.1 Å². The Balaban J connectivity index is 2.03. The van der Waals surface area contributed by atoms with Crippen LogP contribution in [0.1, 0.15) is 16.8 Å². The standard InChI is InChI=1S/C16H14ClNO3/c17-13-7-6-11(19)10-12(13)16(20)18-8-3-9-21-15-5-2-1-4-14(15)18/h1-2,4-7,10,19H,3,8-9H2. The Morgan fingerprint density at radius 2 is 2.05 bits per heavy atom. The van der Waals surface area contributed by atoms with Gasteiger partial charge in [-0.2, -0.15) is 0 Å². The highest BCUT2D eigenvalue weighted by molar-refractivity contribution is 6.34. The van der Waals surface area contributed by atoms with Gasteiger partial charge in [-0.3, -0.25) is 4.79 Å². The summed E-state index contributed by atoms with van der Waals surface area (Å²) in [6, 6.07) is 11.8. The molecular formula is C16H14ClNO3. The Bertz CT molecular complexity index is 687. The van der Waals surface area contributed by atoms with Gasteiger partial charge in [0.1, 0.15) is 11.5 Å². The molecule has 21 heavy (non-hydrogen) atoms. The van der Waals surface area contributed by atoms with Crippen LogP contribution in [0.5, 0.6) is 11.5 Å². The minimum Gasteiger partial charge on any atom is -0.508 e. The number of carbonyl (C=O) groups excluding carboxylic acids is 1. The van der Waals surface area contributed by atoms with Gasteiger partial charge >= 0.3 is 0 Å². The van der Waals surface area contributed by atoms with E-state index in [9.17, 15) is 9.90 Å². The summed E-state index contributed by atoms with van der Waals surface area (Å²) in [6.45, 7) is 1.11. The number of aromatic hydroxyl groups is 1. The van der Waals surface area contributed by atoms with Crippen LogP contribution in [-0.2, 0) is 0 Å². The van der Waals surface area contributed by atoms with Crippen molar-refractivity contribution in [2.45, 2.75) is 6.42 Å². The van der Waals surface area contributed by atoms with Crippen LogP contribution in [0.2, 0.25) is 5.02 Å². The zero-order valence-corrected chi connectivity index (χ0v) is 12.0. The number of para-hydroxylation sites is 2. The van der Waals surface area contributed by atoms with Crippen molar-refractivity contribution in [3.8, 4) is 11.5 Å². The van der Waals surface area contributed by atoms with Crippen LogP contribution in [-0.4, -0.2) is 24.2 Å². The molecule has 0 aromatic heterocycles. The molecule has 3 rings (SSSR count). The number of phenols is 1. The second-order valence-corrected chi connectivity index (χ2v) is 5.20. The number of nitrogens with zero attached hydrogens (tertiary/aromatic N) is 1. The average molecular weight is 304 g/mol. The van der Waals surface area contributed by atoms with Gasteiger partial charge in [0.15, 0.2) is 0 Å². The molecule has 0 aliphatic carbocycles. The van der Waals surface area contributed by atoms with Gasteiger partial charge in [-0.1, -0.05) is 23.7 Å². The maximum Gasteiger partial charge on any atom is 0.260 e. The van der Waals surface area contributed by atoms with E-state index in [4.69, 9.17) is 16.3 Å². The molecule has 108 valence electrons. The number of hydrogen-bond donors (Lipinski definition) is 1. The maximum absolute atomic E-state index is 12.8. The number of amides is 1. The summed E-state index contributed by atoms with van der Waals surface area (Å²) in [7, 11) is 0. The lowest BCUT2D eigenvalue weighted by atomic mass is 10.1. The molecule has 0 saturated carbocycles. The molecule has 2 aromatic carbocycles. The van der Waals surface area contributed by atoms with Gasteiger partial charge in [0, 0.05) is 6.54 Å². The lowest BCUT2D eigenvalue weighted by molar-refractivity contribution is 0.0987. The fourth-order valence-electron chi connectivity index (χ4n) is 2.36. The number of phenolic OH excluding ortho intramolecular Hbond substituents is 1. The highest BCUT2D eigenvalue weighted by Gasteiger charge is 2.24. The fraction of sp³-hybridized carbons (Fsp3) is 0.188. The van der Waals surface area contributed by atoms with Gasteiger partial charge in [-0.05, 0) is 36.8 Å². The quantitative estimate of drug-likeness (QED) is 0.877. The van der Waals surface area contributed by atoms with Crippen molar-refractivity contribution >= 4 is 23.2 Å². The van der Waals surface area contributed by atoms with E-state index in [1.165, 1.54) is 18.2 Å². The van der Waals surface area contributed by atoms with Crippen LogP contribution < -0.4 is 9.64 Å². The third-order valence-electron chi connectivity index (χ3n) is 3.37. The Labute approximate surface area is 127 Å². The lowest BCUT2D eigenvalue weighted by Crippen LogP contribution is -2.31. The molecule has 0 spiro atoms. The second-order valence-electron chi connectivity index (χ2n) is 4.79. The van der Waals surface area contributed by atoms with Crippen LogP contribution in [0.3, 0.4) is 0 Å². The molecule has 0 unspecified atom stereocenters. The van der Waals surface area contributed by atoms with Gasteiger partial charge in [0.05, 0.1) is 22.9 Å². The first-order chi connectivity index (χ1) is 10.2. The second kappa shape index (κ2) is 5.66. The van der Waals surface area contributed by atoms with E-state index in [1.54, 1.807) is 4.90 Å². The number of rotatable bonds is 1. The Morgan fingerprint density at radius 3 is 2.90 bits per heavy atom. The van der Waals surface area contributed by atoms with Crippen LogP contribution in [0.15, 0.2) is 42.5 Å². The maximum atomic E-state index is 12.8. The molecule has 1 aliphatic rings. The van der Waals surface area contributed by atoms with E-state index in [0.717, 1.165) is 12.1 Å². The number of halogens is 1. The van der Waals surface area contributed by atoms with E-state index < -0.39 is 0 Å². The largest absolute Gasteiger partial charge is 0.508 e. The van der Waals surface area contributed by atoms with Gasteiger partial charge in [0.2, 0.25) is 0 Å². The van der Waals surface area contributed by atoms with Crippen molar-refractivity contribution < 1.29 is 14.6 Å². The molecule has 0 saturated heterocycles. The SMILES string of the molecule is O=C(c1cc(O)ccc1Cl)N1CCCOc2ccccc21. The molecule has 1 aliphatic heterocycles. The Morgan fingerprint density at radius 1 is 1.24 bits per heavy atom. The highest BCUT2D eigenvalue weighted by atomic mass is 35.5. The first kappa shape index (κ1) is 13.8. The minimum absolute atomic E-state index is 0.0158. The molecule has 0 radical (unpaired) electrons. The fourth-order valence-corrected chi connectivity index (χ4v) is 2.56. The van der Waals surface area contributed by atoms with E-state index in [0.29, 0.717) is 23.9 Å². The van der Waals surface area contributed by atoms with E-state index >= 15 is 0 Å². The van der Waals surface area contributed by atoms with E-state index in [2.05, 4.69) is 0 Å². The van der Waals surface area contributed by atoms with Crippen LogP contribution in [0, 0.1) is 0 Å². The van der Waals surface area contributed by atoms with Crippen molar-refractivity contribution in [2.24, 2.45) is 0 Å². The summed E-state index contributed by atoms with van der Waals surface area (Å²) in [5, 5.41) is 9.90. The third-order valence-corrected chi connectivity index (χ3v) is 3.69. The van der Waals surface area contributed by atoms with Crippen molar-refractivity contribution in [2.75, 3.05) is 18.1 Å². The number of hydrogen-bond acceptors (Lipinski definition) is 3. The molecule has 0 atom stereocenters. The summed E-state index contributed by atoms with van der Waals surface area (Å²) < 4.78 is 5.64. The molecule has 2 aromatic rings. The van der Waals surface area contributed by atoms with Crippen LogP contribution in [0.25, 0.3) is 0 Å². The van der Waals surface area contributed by atoms with Crippen LogP contribution in [0.4, 0.5) is 5.69 Å². The van der Waals surface area contributed by atoms with Gasteiger partial charge in [-0.25, -0.2) is 0 Å². The topological polar surface area (TPSA) is 49.8 Å². The number of benzene rings is 2. The van der Waals surface area contributed by atoms with Gasteiger partial charge in [-0.15, -0.1) is 0 Å². The summed E-state index contributed by atoms with van der Waals surface area (Å²) >= 11 is 6.09. The van der Waals surface area contributed by atoms with E-state index in [1.807, 2.05) is 24.3 Å². The molecule has 0 fully saturated rings. The molecule has 1 heterocycles. The summed E-state index contributed by atoms with van der Waals surface area (Å²) in [5.41, 5.74) is 1.01. The molecule has 4 nitrogen and oxygen atoms in total. The first-order valence-corrected chi connectivity index (χ1v) is 7.07. The monoisotopic (exact) mass is 303 g/mol. The summed E-state index contributed by atoms with van der Waals surface area (Å²) in [6.07, 6.45) is 0.733. The predicted molar refractivity (Wildman–Crippen MR) is 81.3 cm³/mol. The average Bonchev–Trinajstić information content (AvgIpc) is 2.71. The molecule has 1 amide bonds. The van der Waals surface area contributed by atoms with E-state index in [-0.39, 0.29) is 17.2 Å². The molecular weight excluding hydrogens is 290 g/mol. The van der Waals surface area contributed by atoms with Crippen molar-refractivity contribution in [1.82, 2.24) is 0 Å². The predicted octanol–water partition coefficient (Wildman–Crippen LogP) is 3.47. The summed E-state index contributed by atoms with van der Waals surface area (Å²) in [5.74, 6) is 0.454. The number of fused-ring (bicyclic) bond motifs is 1. The number of anilines is 1. The molecule has 1 N–H and O–H groups in total. The lowest BCUT2D eigenvalue weighted by Gasteiger charge is -2.22. The smallest absolute Gasteiger partial charge is 0.260 e. The molecule has 5 heteroatoms. The Kier molecular flexibility index (Phi) is 3.71. The van der Waals surface area contributed by atoms with Crippen LogP contribution >= 0.6 is 11.6 Å². The highest BCUT2D eigenvalue weighted by Crippen LogP contribution is 2.33. The normalized spacial score (nSPS) is 14.0. The zero-order valence-electron chi connectivity index (χ0n) is 11.3. The first-order valence-electron chi connectivity index (χ1n) is 6.69. The number of carbonyl (C=O) groups is 1. The van der Waals surface area contributed by atoms with Gasteiger partial charge in [0.25, 0.3) is 5.91 Å². The number of ether oxygens (including phenoxy) is 1. The minimum atomic E-state index is -0.242. The zero-order chi connectivity index (χ0) is 14.8.